The summed E-state index contributed by atoms with van der Waals surface area (Å²) in [7, 11) is 2.01. The van der Waals surface area contributed by atoms with Crippen LogP contribution < -0.4 is 5.73 Å². The average molecular weight is 219 g/mol. The molecule has 0 aliphatic carbocycles. The molecule has 2 aromatic rings. The van der Waals surface area contributed by atoms with E-state index >= 15 is 0 Å². The van der Waals surface area contributed by atoms with Crippen LogP contribution in [0.5, 0.6) is 0 Å². The third-order valence-electron chi connectivity index (χ3n) is 2.79. The number of nitrogens with two attached hydrogens (primary N) is 1. The molecule has 2 aromatic heterocycles. The number of hydrogen-bond acceptors (Lipinski definition) is 3. The largest absolute Gasteiger partial charge is 0.460 e. The minimum atomic E-state index is 0.617. The number of furan rings is 1. The first kappa shape index (κ1) is 11.0. The van der Waals surface area contributed by atoms with E-state index in [1.54, 1.807) is 0 Å². The molecule has 2 N–H and O–H groups in total. The summed E-state index contributed by atoms with van der Waals surface area (Å²) >= 11 is 0. The van der Waals surface area contributed by atoms with Gasteiger partial charge in [-0.2, -0.15) is 0 Å². The molecule has 0 saturated carbocycles. The molecule has 0 fully saturated rings. The molecule has 86 valence electrons. The second-order valence-electron chi connectivity index (χ2n) is 3.96. The maximum Gasteiger partial charge on any atom is 0.154 e. The summed E-state index contributed by atoms with van der Waals surface area (Å²) in [4.78, 5) is 4.53. The van der Waals surface area contributed by atoms with Crippen LogP contribution >= 0.6 is 0 Å². The molecule has 0 saturated heterocycles. The van der Waals surface area contributed by atoms with Gasteiger partial charge in [-0.3, -0.25) is 0 Å². The molecule has 4 nitrogen and oxygen atoms in total. The van der Waals surface area contributed by atoms with Gasteiger partial charge in [0.15, 0.2) is 5.76 Å². The van der Waals surface area contributed by atoms with Crippen molar-refractivity contribution in [3.05, 3.63) is 29.4 Å². The summed E-state index contributed by atoms with van der Waals surface area (Å²) in [6, 6.07) is 3.91. The van der Waals surface area contributed by atoms with Gasteiger partial charge in [0.25, 0.3) is 0 Å². The van der Waals surface area contributed by atoms with Crippen LogP contribution in [0, 0.1) is 13.8 Å². The number of imidazole rings is 1. The quantitative estimate of drug-likeness (QED) is 0.856. The van der Waals surface area contributed by atoms with Crippen molar-refractivity contribution in [3.63, 3.8) is 0 Å². The Bertz CT molecular complexity index is 496. The van der Waals surface area contributed by atoms with Crippen LogP contribution in [0.1, 0.15) is 17.3 Å². The van der Waals surface area contributed by atoms with Gasteiger partial charge in [0, 0.05) is 19.2 Å². The van der Waals surface area contributed by atoms with E-state index in [2.05, 4.69) is 9.55 Å². The summed E-state index contributed by atoms with van der Waals surface area (Å²) in [5.41, 5.74) is 7.67. The zero-order valence-corrected chi connectivity index (χ0v) is 9.95. The van der Waals surface area contributed by atoms with Crippen molar-refractivity contribution < 1.29 is 4.42 Å². The molecular formula is C12H17N3O. The lowest BCUT2D eigenvalue weighted by atomic mass is 10.2. The molecule has 0 radical (unpaired) electrons. The Kier molecular flexibility index (Phi) is 2.83. The maximum atomic E-state index is 5.62. The van der Waals surface area contributed by atoms with E-state index in [9.17, 15) is 0 Å². The van der Waals surface area contributed by atoms with Gasteiger partial charge in [-0.15, -0.1) is 0 Å². The molecule has 16 heavy (non-hydrogen) atoms. The summed E-state index contributed by atoms with van der Waals surface area (Å²) in [6.45, 7) is 4.53. The highest BCUT2D eigenvalue weighted by Crippen LogP contribution is 2.25. The van der Waals surface area contributed by atoms with Crippen molar-refractivity contribution in [3.8, 4) is 11.5 Å². The first-order valence-electron chi connectivity index (χ1n) is 5.42. The lowest BCUT2D eigenvalue weighted by molar-refractivity contribution is 0.545. The first-order valence-corrected chi connectivity index (χ1v) is 5.42. The average Bonchev–Trinajstić information content (AvgIpc) is 2.78. The van der Waals surface area contributed by atoms with Crippen molar-refractivity contribution in [1.29, 1.82) is 0 Å². The molecule has 0 aliphatic rings. The first-order chi connectivity index (χ1) is 7.63. The minimum absolute atomic E-state index is 0.617. The fraction of sp³-hybridized carbons (Fsp3) is 0.417. The van der Waals surface area contributed by atoms with E-state index in [4.69, 9.17) is 10.2 Å². The van der Waals surface area contributed by atoms with Gasteiger partial charge in [0.05, 0.1) is 0 Å². The van der Waals surface area contributed by atoms with Crippen LogP contribution in [0.4, 0.5) is 0 Å². The predicted molar refractivity (Wildman–Crippen MR) is 63.1 cm³/mol. The molecule has 2 rings (SSSR count). The van der Waals surface area contributed by atoms with Gasteiger partial charge in [-0.05, 0) is 32.5 Å². The predicted octanol–water partition coefficient (Wildman–Crippen LogP) is 1.80. The Hall–Kier alpha value is -1.55. The van der Waals surface area contributed by atoms with Gasteiger partial charge < -0.3 is 14.7 Å². The molecular weight excluding hydrogens is 202 g/mol. The number of hydrogen-bond donors (Lipinski definition) is 1. The van der Waals surface area contributed by atoms with Crippen molar-refractivity contribution in [1.82, 2.24) is 9.55 Å². The third-order valence-corrected chi connectivity index (χ3v) is 2.79. The highest BCUT2D eigenvalue weighted by molar-refractivity contribution is 5.56. The summed E-state index contributed by atoms with van der Waals surface area (Å²) in [5.74, 6) is 2.70. The molecule has 0 aliphatic heterocycles. The topological polar surface area (TPSA) is 57.0 Å². The van der Waals surface area contributed by atoms with Gasteiger partial charge in [0.2, 0.25) is 0 Å². The van der Waals surface area contributed by atoms with E-state index < -0.39 is 0 Å². The molecule has 0 bridgehead atoms. The summed E-state index contributed by atoms with van der Waals surface area (Å²) in [5, 5.41) is 0. The minimum Gasteiger partial charge on any atom is -0.460 e. The van der Waals surface area contributed by atoms with Crippen LogP contribution in [0.3, 0.4) is 0 Å². The molecule has 0 spiro atoms. The Morgan fingerprint density at radius 3 is 2.69 bits per heavy atom. The van der Waals surface area contributed by atoms with Crippen LogP contribution in [0.2, 0.25) is 0 Å². The lowest BCUT2D eigenvalue weighted by Gasteiger charge is -2.03. The second-order valence-corrected chi connectivity index (χ2v) is 3.96. The normalized spacial score (nSPS) is 11.0. The summed E-state index contributed by atoms with van der Waals surface area (Å²) < 4.78 is 7.68. The standard InChI is InChI=1S/C12H17N3O/c1-8-4-5-11(16-8)12-10(6-7-13)15(3)9(2)14-12/h4-5H,6-7,13H2,1-3H3. The van der Waals surface area contributed by atoms with Gasteiger partial charge in [-0.25, -0.2) is 4.98 Å². The van der Waals surface area contributed by atoms with Crippen molar-refractivity contribution in [2.45, 2.75) is 20.3 Å². The summed E-state index contributed by atoms with van der Waals surface area (Å²) in [6.07, 6.45) is 0.812. The van der Waals surface area contributed by atoms with Crippen molar-refractivity contribution in [2.24, 2.45) is 12.8 Å². The zero-order chi connectivity index (χ0) is 11.7. The second kappa shape index (κ2) is 4.14. The number of nitrogens with zero attached hydrogens (tertiary/aromatic N) is 2. The zero-order valence-electron chi connectivity index (χ0n) is 9.95. The van der Waals surface area contributed by atoms with E-state index in [0.717, 1.165) is 35.2 Å². The van der Waals surface area contributed by atoms with Gasteiger partial charge in [-0.1, -0.05) is 0 Å². The maximum absolute atomic E-state index is 5.62. The van der Waals surface area contributed by atoms with E-state index in [-0.39, 0.29) is 0 Å². The van der Waals surface area contributed by atoms with Crippen LogP contribution in [-0.4, -0.2) is 16.1 Å². The lowest BCUT2D eigenvalue weighted by Crippen LogP contribution is -2.08. The molecule has 0 atom stereocenters. The highest BCUT2D eigenvalue weighted by atomic mass is 16.3. The Morgan fingerprint density at radius 1 is 1.38 bits per heavy atom. The highest BCUT2D eigenvalue weighted by Gasteiger charge is 2.15. The Balaban J connectivity index is 2.51. The molecule has 0 amide bonds. The van der Waals surface area contributed by atoms with E-state index in [0.29, 0.717) is 6.54 Å². The van der Waals surface area contributed by atoms with Gasteiger partial charge in [0.1, 0.15) is 17.3 Å². The van der Waals surface area contributed by atoms with Crippen molar-refractivity contribution >= 4 is 0 Å². The number of aryl methyl sites for hydroxylation is 2. The van der Waals surface area contributed by atoms with E-state index in [1.807, 2.05) is 33.0 Å². The smallest absolute Gasteiger partial charge is 0.154 e. The molecule has 4 heteroatoms. The fourth-order valence-electron chi connectivity index (χ4n) is 1.84. The van der Waals surface area contributed by atoms with Crippen LogP contribution in [0.25, 0.3) is 11.5 Å². The van der Waals surface area contributed by atoms with Crippen LogP contribution in [-0.2, 0) is 13.5 Å². The molecule has 0 aromatic carbocycles. The van der Waals surface area contributed by atoms with Crippen molar-refractivity contribution in [2.75, 3.05) is 6.54 Å². The monoisotopic (exact) mass is 219 g/mol. The Morgan fingerprint density at radius 2 is 2.12 bits per heavy atom. The number of rotatable bonds is 3. The molecule has 0 unspecified atom stereocenters. The van der Waals surface area contributed by atoms with Crippen LogP contribution in [0.15, 0.2) is 16.5 Å². The SMILES string of the molecule is Cc1ccc(-c2nc(C)n(C)c2CCN)o1. The van der Waals surface area contributed by atoms with Gasteiger partial charge >= 0.3 is 0 Å². The number of aromatic nitrogens is 2. The Labute approximate surface area is 95.1 Å². The fourth-order valence-corrected chi connectivity index (χ4v) is 1.84. The van der Waals surface area contributed by atoms with E-state index in [1.165, 1.54) is 0 Å². The molecule has 2 heterocycles. The third kappa shape index (κ3) is 1.76.